The number of Topliss-reactive ketones (excluding diaryl/α,β-unsaturated/α-hetero) is 1. The minimum Gasteiger partial charge on any atom is -0.374 e. The maximum absolute atomic E-state index is 11.7. The van der Waals surface area contributed by atoms with E-state index < -0.39 is 0 Å². The van der Waals surface area contributed by atoms with E-state index in [4.69, 9.17) is 5.73 Å². The molecule has 1 saturated carbocycles. The second-order valence-electron chi connectivity index (χ2n) is 3.58. The van der Waals surface area contributed by atoms with Crippen LogP contribution in [0.1, 0.15) is 32.1 Å². The van der Waals surface area contributed by atoms with E-state index in [0.29, 0.717) is 17.3 Å². The first-order valence-electron chi connectivity index (χ1n) is 5.04. The van der Waals surface area contributed by atoms with Gasteiger partial charge in [0.2, 0.25) is 5.13 Å². The first kappa shape index (κ1) is 10.9. The van der Waals surface area contributed by atoms with Gasteiger partial charge >= 0.3 is 0 Å². The summed E-state index contributed by atoms with van der Waals surface area (Å²) < 4.78 is 0.813. The second-order valence-corrected chi connectivity index (χ2v) is 6.04. The van der Waals surface area contributed by atoms with E-state index >= 15 is 0 Å². The number of nitrogens with zero attached hydrogens (tertiary/aromatic N) is 2. The lowest BCUT2D eigenvalue weighted by molar-refractivity contribution is -0.118. The number of thioether (sulfide) groups is 1. The Morgan fingerprint density at radius 2 is 2.20 bits per heavy atom. The molecule has 1 heterocycles. The Hall–Kier alpha value is -0.620. The van der Waals surface area contributed by atoms with Crippen molar-refractivity contribution >= 4 is 34.0 Å². The molecule has 1 atom stereocenters. The highest BCUT2D eigenvalue weighted by molar-refractivity contribution is 8.02. The highest BCUT2D eigenvalue weighted by Gasteiger charge is 2.23. The quantitative estimate of drug-likeness (QED) is 0.806. The monoisotopic (exact) mass is 243 g/mol. The predicted octanol–water partition coefficient (Wildman–Crippen LogP) is 2.11. The molecular weight excluding hydrogens is 230 g/mol. The third kappa shape index (κ3) is 2.92. The maximum Gasteiger partial charge on any atom is 0.203 e. The molecule has 4 nitrogen and oxygen atoms in total. The molecule has 6 heteroatoms. The third-order valence-electron chi connectivity index (χ3n) is 2.41. The average molecular weight is 243 g/mol. The normalized spacial score (nSPS) is 22.7. The van der Waals surface area contributed by atoms with Gasteiger partial charge in [0.05, 0.1) is 5.25 Å². The smallest absolute Gasteiger partial charge is 0.203 e. The van der Waals surface area contributed by atoms with Crippen molar-refractivity contribution in [3.8, 4) is 0 Å². The van der Waals surface area contributed by atoms with Crippen molar-refractivity contribution in [3.63, 3.8) is 0 Å². The van der Waals surface area contributed by atoms with Crippen LogP contribution in [0.5, 0.6) is 0 Å². The van der Waals surface area contributed by atoms with E-state index in [-0.39, 0.29) is 5.25 Å². The largest absolute Gasteiger partial charge is 0.374 e. The summed E-state index contributed by atoms with van der Waals surface area (Å²) in [5.74, 6) is 0.353. The highest BCUT2D eigenvalue weighted by Crippen LogP contribution is 2.33. The molecule has 0 unspecified atom stereocenters. The zero-order valence-electron chi connectivity index (χ0n) is 8.31. The molecule has 1 aromatic heterocycles. The van der Waals surface area contributed by atoms with E-state index in [1.165, 1.54) is 29.5 Å². The number of rotatable bonds is 2. The number of ketones is 1. The Bertz CT molecular complexity index is 353. The Kier molecular flexibility index (Phi) is 3.58. The lowest BCUT2D eigenvalue weighted by Crippen LogP contribution is -2.14. The molecule has 0 radical (unpaired) electrons. The van der Waals surface area contributed by atoms with Crippen LogP contribution in [0.25, 0.3) is 0 Å². The number of hydrogen-bond donors (Lipinski definition) is 1. The zero-order valence-corrected chi connectivity index (χ0v) is 9.94. The lowest BCUT2D eigenvalue weighted by atomic mass is 10.2. The lowest BCUT2D eigenvalue weighted by Gasteiger charge is -2.08. The van der Waals surface area contributed by atoms with Crippen molar-refractivity contribution in [3.05, 3.63) is 0 Å². The van der Waals surface area contributed by atoms with Gasteiger partial charge in [-0.1, -0.05) is 35.9 Å². The van der Waals surface area contributed by atoms with Crippen molar-refractivity contribution in [2.24, 2.45) is 0 Å². The number of nitrogen functional groups attached to an aromatic ring is 1. The van der Waals surface area contributed by atoms with Crippen molar-refractivity contribution in [1.29, 1.82) is 0 Å². The van der Waals surface area contributed by atoms with Gasteiger partial charge in [0.25, 0.3) is 0 Å². The standard InChI is InChI=1S/C9H13N3OS2/c10-8-11-12-9(15-8)14-7-5-3-1-2-4-6(7)13/h7H,1-5H2,(H2,10,11)/t7-/m1/s1. The molecule has 82 valence electrons. The summed E-state index contributed by atoms with van der Waals surface area (Å²) in [6, 6.07) is 0. The third-order valence-corrected chi connectivity index (χ3v) is 4.57. The van der Waals surface area contributed by atoms with E-state index in [1.54, 1.807) is 0 Å². The Morgan fingerprint density at radius 1 is 1.33 bits per heavy atom. The van der Waals surface area contributed by atoms with Crippen LogP contribution in [0.2, 0.25) is 0 Å². The molecule has 1 fully saturated rings. The number of carbonyl (C=O) groups excluding carboxylic acids is 1. The zero-order chi connectivity index (χ0) is 10.7. The number of aromatic nitrogens is 2. The van der Waals surface area contributed by atoms with Gasteiger partial charge in [0.1, 0.15) is 5.78 Å². The number of hydrogen-bond acceptors (Lipinski definition) is 6. The fourth-order valence-corrected chi connectivity index (χ4v) is 3.65. The molecule has 2 N–H and O–H groups in total. The van der Waals surface area contributed by atoms with E-state index in [2.05, 4.69) is 10.2 Å². The molecule has 15 heavy (non-hydrogen) atoms. The van der Waals surface area contributed by atoms with Gasteiger partial charge in [-0.05, 0) is 12.8 Å². The van der Waals surface area contributed by atoms with Gasteiger partial charge in [0.15, 0.2) is 4.34 Å². The Balaban J connectivity index is 2.00. The molecule has 0 bridgehead atoms. The van der Waals surface area contributed by atoms with Crippen LogP contribution < -0.4 is 5.73 Å². The van der Waals surface area contributed by atoms with Gasteiger partial charge in [0, 0.05) is 6.42 Å². The summed E-state index contributed by atoms with van der Waals surface area (Å²) in [5, 5.41) is 8.21. The van der Waals surface area contributed by atoms with Crippen molar-refractivity contribution in [1.82, 2.24) is 10.2 Å². The molecule has 1 aromatic rings. The number of anilines is 1. The molecule has 1 aliphatic carbocycles. The molecule has 1 aliphatic rings. The molecule has 0 spiro atoms. The summed E-state index contributed by atoms with van der Waals surface area (Å²) in [6.07, 6.45) is 5.02. The van der Waals surface area contributed by atoms with Gasteiger partial charge in [-0.3, -0.25) is 4.79 Å². The summed E-state index contributed by atoms with van der Waals surface area (Å²) in [6.45, 7) is 0. The first-order valence-corrected chi connectivity index (χ1v) is 6.73. The van der Waals surface area contributed by atoms with Crippen molar-refractivity contribution < 1.29 is 4.79 Å². The topological polar surface area (TPSA) is 68.9 Å². The predicted molar refractivity (Wildman–Crippen MR) is 62.1 cm³/mol. The van der Waals surface area contributed by atoms with Gasteiger partial charge in [-0.25, -0.2) is 0 Å². The van der Waals surface area contributed by atoms with Crippen molar-refractivity contribution in [2.45, 2.75) is 41.7 Å². The summed E-state index contributed by atoms with van der Waals surface area (Å²) >= 11 is 2.88. The SMILES string of the molecule is Nc1nnc(S[C@@H]2CCCCCC2=O)s1. The van der Waals surface area contributed by atoms with Crippen molar-refractivity contribution in [2.75, 3.05) is 5.73 Å². The van der Waals surface area contributed by atoms with Gasteiger partial charge in [-0.15, -0.1) is 10.2 Å². The number of nitrogens with two attached hydrogens (primary N) is 1. The maximum atomic E-state index is 11.7. The minimum absolute atomic E-state index is 0.0693. The molecule has 0 saturated heterocycles. The molecule has 2 rings (SSSR count). The van der Waals surface area contributed by atoms with E-state index in [0.717, 1.165) is 23.6 Å². The number of carbonyl (C=O) groups is 1. The first-order chi connectivity index (χ1) is 7.25. The van der Waals surface area contributed by atoms with Crippen LogP contribution in [0.3, 0.4) is 0 Å². The highest BCUT2D eigenvalue weighted by atomic mass is 32.2. The van der Waals surface area contributed by atoms with Gasteiger partial charge < -0.3 is 5.73 Å². The van der Waals surface area contributed by atoms with Gasteiger partial charge in [-0.2, -0.15) is 0 Å². The summed E-state index contributed by atoms with van der Waals surface area (Å²) in [4.78, 5) is 11.7. The molecule has 0 aliphatic heterocycles. The van der Waals surface area contributed by atoms with Crippen LogP contribution in [0.4, 0.5) is 5.13 Å². The second kappa shape index (κ2) is 4.94. The molecule has 0 aromatic carbocycles. The minimum atomic E-state index is 0.0693. The Morgan fingerprint density at radius 3 is 2.93 bits per heavy atom. The fourth-order valence-electron chi connectivity index (χ4n) is 1.64. The average Bonchev–Trinajstić information content (AvgIpc) is 2.50. The fraction of sp³-hybridized carbons (Fsp3) is 0.667. The van der Waals surface area contributed by atoms with E-state index in [9.17, 15) is 4.79 Å². The Labute approximate surface area is 96.7 Å². The van der Waals surface area contributed by atoms with Crippen LogP contribution in [-0.2, 0) is 4.79 Å². The summed E-state index contributed by atoms with van der Waals surface area (Å²) in [5.41, 5.74) is 5.50. The van der Waals surface area contributed by atoms with E-state index in [1.807, 2.05) is 0 Å². The molecule has 0 amide bonds. The van der Waals surface area contributed by atoms with Crippen LogP contribution in [0.15, 0.2) is 4.34 Å². The van der Waals surface area contributed by atoms with Crippen LogP contribution in [-0.4, -0.2) is 21.2 Å². The molecular formula is C9H13N3OS2. The summed E-state index contributed by atoms with van der Waals surface area (Å²) in [7, 11) is 0. The van der Waals surface area contributed by atoms with Crippen LogP contribution in [0, 0.1) is 0 Å². The van der Waals surface area contributed by atoms with Crippen LogP contribution >= 0.6 is 23.1 Å².